The minimum absolute atomic E-state index is 0.00872. The molecular formula is C24H24F4N4O3. The van der Waals surface area contributed by atoms with E-state index in [0.717, 1.165) is 10.9 Å². The number of carbonyl (C=O) groups excluding carboxylic acids is 1. The number of benzene rings is 2. The third-order valence-electron chi connectivity index (χ3n) is 5.69. The molecule has 2 N–H and O–H groups in total. The van der Waals surface area contributed by atoms with Gasteiger partial charge in [-0.15, -0.1) is 0 Å². The molecule has 1 aliphatic rings. The van der Waals surface area contributed by atoms with Gasteiger partial charge in [-0.3, -0.25) is 4.79 Å². The normalized spacial score (nSPS) is 17.4. The van der Waals surface area contributed by atoms with Crippen molar-refractivity contribution in [2.24, 2.45) is 0 Å². The number of ether oxygens (including phenoxy) is 2. The molecule has 1 aliphatic heterocycles. The number of nitrogens with one attached hydrogen (secondary N) is 2. The number of anilines is 1. The van der Waals surface area contributed by atoms with Crippen LogP contribution in [-0.4, -0.2) is 42.2 Å². The molecular weight excluding hydrogens is 468 g/mol. The fourth-order valence-corrected chi connectivity index (χ4v) is 3.87. The maximum Gasteiger partial charge on any atom is 0.410 e. The standard InChI is InChI=1S/C24H24F4N4O3/c1-34-10-11-35-18-8-4-16(5-9-18)20-12-21(24(26,27)28)32-22(31-20)19(14-30-32)23(33)29-13-15-2-6-17(25)7-3-15/h2-9,14,20-21,31H,10-13H2,1H3,(H,29,33)/t20-,21+/m1/s1. The average Bonchev–Trinajstić information content (AvgIpc) is 3.27. The van der Waals surface area contributed by atoms with Crippen molar-refractivity contribution in [3.63, 3.8) is 0 Å². The Kier molecular flexibility index (Phi) is 7.25. The number of aromatic nitrogens is 2. The van der Waals surface area contributed by atoms with Gasteiger partial charge in [0.2, 0.25) is 0 Å². The highest BCUT2D eigenvalue weighted by molar-refractivity contribution is 5.98. The molecule has 0 radical (unpaired) electrons. The van der Waals surface area contributed by atoms with E-state index in [4.69, 9.17) is 9.47 Å². The van der Waals surface area contributed by atoms with Gasteiger partial charge in [0.1, 0.15) is 29.6 Å². The summed E-state index contributed by atoms with van der Waals surface area (Å²) >= 11 is 0. The van der Waals surface area contributed by atoms with E-state index in [2.05, 4.69) is 15.7 Å². The van der Waals surface area contributed by atoms with Gasteiger partial charge >= 0.3 is 6.18 Å². The smallest absolute Gasteiger partial charge is 0.410 e. The topological polar surface area (TPSA) is 77.4 Å². The first-order valence-electron chi connectivity index (χ1n) is 10.9. The zero-order valence-corrected chi connectivity index (χ0v) is 18.8. The fourth-order valence-electron chi connectivity index (χ4n) is 3.87. The van der Waals surface area contributed by atoms with Gasteiger partial charge in [-0.25, -0.2) is 9.07 Å². The monoisotopic (exact) mass is 492 g/mol. The molecule has 3 aromatic rings. The zero-order chi connectivity index (χ0) is 25.0. The molecule has 11 heteroatoms. The molecule has 35 heavy (non-hydrogen) atoms. The first-order chi connectivity index (χ1) is 16.8. The molecule has 0 fully saturated rings. The quantitative estimate of drug-likeness (QED) is 0.354. The zero-order valence-electron chi connectivity index (χ0n) is 18.8. The molecule has 0 spiro atoms. The number of hydrogen-bond acceptors (Lipinski definition) is 5. The van der Waals surface area contributed by atoms with Crippen molar-refractivity contribution >= 4 is 11.7 Å². The number of halogens is 4. The minimum atomic E-state index is -4.56. The fraction of sp³-hybridized carbons (Fsp3) is 0.333. The SMILES string of the molecule is COCCOc1ccc([C@H]2C[C@@H](C(F)(F)F)n3ncc(C(=O)NCc4ccc(F)cc4)c3N2)cc1. The van der Waals surface area contributed by atoms with E-state index in [1.165, 1.54) is 24.3 Å². The Balaban J connectivity index is 1.54. The molecule has 0 saturated carbocycles. The third-order valence-corrected chi connectivity index (χ3v) is 5.69. The van der Waals surface area contributed by atoms with Gasteiger partial charge in [0.25, 0.3) is 5.91 Å². The van der Waals surface area contributed by atoms with Gasteiger partial charge in [0.15, 0.2) is 6.04 Å². The summed E-state index contributed by atoms with van der Waals surface area (Å²) in [6, 6.07) is 9.67. The van der Waals surface area contributed by atoms with Crippen LogP contribution in [-0.2, 0) is 11.3 Å². The summed E-state index contributed by atoms with van der Waals surface area (Å²) in [4.78, 5) is 12.8. The molecule has 0 unspecified atom stereocenters. The molecule has 1 amide bonds. The second kappa shape index (κ2) is 10.3. The van der Waals surface area contributed by atoms with Gasteiger partial charge < -0.3 is 20.1 Å². The van der Waals surface area contributed by atoms with Crippen molar-refractivity contribution in [1.29, 1.82) is 0 Å². The van der Waals surface area contributed by atoms with Crippen LogP contribution in [0, 0.1) is 5.82 Å². The van der Waals surface area contributed by atoms with Gasteiger partial charge in [-0.05, 0) is 35.4 Å². The van der Waals surface area contributed by atoms with Gasteiger partial charge in [-0.2, -0.15) is 18.3 Å². The molecule has 4 rings (SSSR count). The Morgan fingerprint density at radius 1 is 1.14 bits per heavy atom. The molecule has 7 nitrogen and oxygen atoms in total. The number of fused-ring (bicyclic) bond motifs is 1. The Morgan fingerprint density at radius 2 is 1.86 bits per heavy atom. The minimum Gasteiger partial charge on any atom is -0.491 e. The van der Waals surface area contributed by atoms with Crippen LogP contribution in [0.15, 0.2) is 54.7 Å². The predicted molar refractivity (Wildman–Crippen MR) is 120 cm³/mol. The summed E-state index contributed by atoms with van der Waals surface area (Å²) in [5.41, 5.74) is 1.25. The van der Waals surface area contributed by atoms with Crippen LogP contribution in [0.3, 0.4) is 0 Å². The Bertz CT molecular complexity index is 1150. The van der Waals surface area contributed by atoms with Crippen LogP contribution >= 0.6 is 0 Å². The lowest BCUT2D eigenvalue weighted by Gasteiger charge is -2.34. The summed E-state index contributed by atoms with van der Waals surface area (Å²) in [7, 11) is 1.56. The lowest BCUT2D eigenvalue weighted by atomic mass is 9.96. The van der Waals surface area contributed by atoms with E-state index >= 15 is 0 Å². The molecule has 2 aromatic carbocycles. The Morgan fingerprint density at radius 3 is 2.51 bits per heavy atom. The summed E-state index contributed by atoms with van der Waals surface area (Å²) < 4.78 is 66.1. The van der Waals surface area contributed by atoms with Crippen LogP contribution in [0.1, 0.15) is 40.0 Å². The van der Waals surface area contributed by atoms with Crippen LogP contribution in [0.2, 0.25) is 0 Å². The first-order valence-corrected chi connectivity index (χ1v) is 10.9. The molecule has 2 heterocycles. The number of nitrogens with zero attached hydrogens (tertiary/aromatic N) is 2. The van der Waals surface area contributed by atoms with Crippen molar-refractivity contribution in [2.45, 2.75) is 31.2 Å². The van der Waals surface area contributed by atoms with E-state index in [9.17, 15) is 22.4 Å². The molecule has 0 saturated heterocycles. The summed E-state index contributed by atoms with van der Waals surface area (Å²) in [6.45, 7) is 0.846. The van der Waals surface area contributed by atoms with E-state index in [0.29, 0.717) is 30.1 Å². The second-order valence-corrected chi connectivity index (χ2v) is 8.06. The number of rotatable bonds is 8. The lowest BCUT2D eigenvalue weighted by molar-refractivity contribution is -0.173. The van der Waals surface area contributed by atoms with Crippen molar-refractivity contribution in [2.75, 3.05) is 25.6 Å². The van der Waals surface area contributed by atoms with Crippen LogP contribution < -0.4 is 15.4 Å². The van der Waals surface area contributed by atoms with E-state index in [1.54, 1.807) is 31.4 Å². The number of amides is 1. The number of alkyl halides is 3. The Hall–Kier alpha value is -3.60. The third kappa shape index (κ3) is 5.73. The summed E-state index contributed by atoms with van der Waals surface area (Å²) in [5.74, 6) is -0.444. The van der Waals surface area contributed by atoms with Crippen LogP contribution in [0.5, 0.6) is 5.75 Å². The van der Waals surface area contributed by atoms with Crippen molar-refractivity contribution in [1.82, 2.24) is 15.1 Å². The highest BCUT2D eigenvalue weighted by atomic mass is 19.4. The second-order valence-electron chi connectivity index (χ2n) is 8.06. The van der Waals surface area contributed by atoms with Crippen molar-refractivity contribution in [3.8, 4) is 5.75 Å². The van der Waals surface area contributed by atoms with Crippen LogP contribution in [0.25, 0.3) is 0 Å². The van der Waals surface area contributed by atoms with Gasteiger partial charge in [-0.1, -0.05) is 24.3 Å². The average molecular weight is 492 g/mol. The highest BCUT2D eigenvalue weighted by Crippen LogP contribution is 2.44. The van der Waals surface area contributed by atoms with Crippen molar-refractivity contribution in [3.05, 3.63) is 77.2 Å². The van der Waals surface area contributed by atoms with E-state index in [1.807, 2.05) is 0 Å². The number of hydrogen-bond donors (Lipinski definition) is 2. The predicted octanol–water partition coefficient (Wildman–Crippen LogP) is 4.64. The maximum absolute atomic E-state index is 13.9. The van der Waals surface area contributed by atoms with E-state index in [-0.39, 0.29) is 24.3 Å². The molecule has 0 aliphatic carbocycles. The lowest BCUT2D eigenvalue weighted by Crippen LogP contribution is -2.36. The molecule has 1 aromatic heterocycles. The highest BCUT2D eigenvalue weighted by Gasteiger charge is 2.47. The van der Waals surface area contributed by atoms with Gasteiger partial charge in [0, 0.05) is 20.1 Å². The Labute approximate surface area is 199 Å². The molecule has 2 atom stereocenters. The van der Waals surface area contributed by atoms with Gasteiger partial charge in [0.05, 0.1) is 18.8 Å². The molecule has 186 valence electrons. The number of carbonyl (C=O) groups is 1. The number of methoxy groups -OCH3 is 1. The molecule has 0 bridgehead atoms. The van der Waals surface area contributed by atoms with Crippen molar-refractivity contribution < 1.29 is 31.8 Å². The summed E-state index contributed by atoms with van der Waals surface area (Å²) in [6.07, 6.45) is -3.74. The first kappa shape index (κ1) is 24.5. The largest absolute Gasteiger partial charge is 0.491 e. The van der Waals surface area contributed by atoms with E-state index < -0.39 is 30.0 Å². The summed E-state index contributed by atoms with van der Waals surface area (Å²) in [5, 5.41) is 9.57. The maximum atomic E-state index is 13.9. The van der Waals surface area contributed by atoms with Crippen LogP contribution in [0.4, 0.5) is 23.4 Å².